The Hall–Kier alpha value is -2.67. The Bertz CT molecular complexity index is 653. The molecule has 2 rings (SSSR count). The van der Waals surface area contributed by atoms with E-state index in [-0.39, 0.29) is 12.5 Å². The number of carbonyl (C=O) groups excluding carboxylic acids is 1. The average Bonchev–Trinajstić information content (AvgIpc) is 3.06. The third-order valence-electron chi connectivity index (χ3n) is 3.14. The minimum atomic E-state index is -0.621. The highest BCUT2D eigenvalue weighted by molar-refractivity contribution is 5.95. The molecule has 7 nitrogen and oxygen atoms in total. The molecule has 116 valence electrons. The molecule has 0 spiro atoms. The molecule has 0 saturated heterocycles. The van der Waals surface area contributed by atoms with Gasteiger partial charge in [-0.1, -0.05) is 12.1 Å². The zero-order valence-electron chi connectivity index (χ0n) is 12.4. The quantitative estimate of drug-likeness (QED) is 0.693. The van der Waals surface area contributed by atoms with E-state index in [4.69, 9.17) is 4.74 Å². The van der Waals surface area contributed by atoms with Crippen LogP contribution in [0, 0.1) is 0 Å². The fourth-order valence-corrected chi connectivity index (χ4v) is 1.95. The summed E-state index contributed by atoms with van der Waals surface area (Å²) in [5.74, 6) is 0.805. The zero-order chi connectivity index (χ0) is 15.9. The molecule has 1 aromatic heterocycles. The van der Waals surface area contributed by atoms with Crippen LogP contribution in [0.4, 0.5) is 0 Å². The molecule has 0 bridgehead atoms. The number of hydrogen-bond acceptors (Lipinski definition) is 5. The Balaban J connectivity index is 2.08. The lowest BCUT2D eigenvalue weighted by Gasteiger charge is -2.12. The molecule has 1 atom stereocenters. The molecule has 1 amide bonds. The summed E-state index contributed by atoms with van der Waals surface area (Å²) in [5, 5.41) is 18.3. The van der Waals surface area contributed by atoms with Gasteiger partial charge in [0, 0.05) is 6.08 Å². The molecular formula is C15H18N4O3. The first kappa shape index (κ1) is 15.7. The van der Waals surface area contributed by atoms with E-state index in [0.29, 0.717) is 5.82 Å². The molecule has 0 fully saturated rings. The maximum Gasteiger partial charge on any atom is 0.244 e. The fraction of sp³-hybridized carbons (Fsp3) is 0.267. The molecule has 0 aliphatic carbocycles. The number of benzene rings is 1. The summed E-state index contributed by atoms with van der Waals surface area (Å²) >= 11 is 0. The summed E-state index contributed by atoms with van der Waals surface area (Å²) in [5.41, 5.74) is 1.67. The van der Waals surface area contributed by atoms with Crippen LogP contribution in [-0.2, 0) is 4.79 Å². The molecule has 1 aromatic carbocycles. The largest absolute Gasteiger partial charge is 0.497 e. The van der Waals surface area contributed by atoms with Gasteiger partial charge in [0.25, 0.3) is 0 Å². The van der Waals surface area contributed by atoms with Crippen LogP contribution in [0.25, 0.3) is 5.57 Å². The normalized spacial score (nSPS) is 12.8. The number of aliphatic hydroxyl groups is 1. The number of aliphatic hydroxyl groups excluding tert-OH is 1. The molecule has 0 aliphatic heterocycles. The maximum absolute atomic E-state index is 12.1. The van der Waals surface area contributed by atoms with Crippen molar-refractivity contribution in [3.63, 3.8) is 0 Å². The summed E-state index contributed by atoms with van der Waals surface area (Å²) in [6.45, 7) is 1.56. The van der Waals surface area contributed by atoms with Crippen molar-refractivity contribution in [3.8, 4) is 5.75 Å². The lowest BCUT2D eigenvalue weighted by molar-refractivity contribution is -0.117. The van der Waals surface area contributed by atoms with Gasteiger partial charge in [-0.05, 0) is 30.2 Å². The Morgan fingerprint density at radius 3 is 3.00 bits per heavy atom. The number of carbonyl (C=O) groups is 1. The Morgan fingerprint density at radius 1 is 1.55 bits per heavy atom. The predicted molar refractivity (Wildman–Crippen MR) is 81.0 cm³/mol. The Kier molecular flexibility index (Phi) is 5.26. The highest BCUT2D eigenvalue weighted by Crippen LogP contribution is 2.19. The van der Waals surface area contributed by atoms with E-state index in [1.165, 1.54) is 12.4 Å². The third kappa shape index (κ3) is 3.92. The number of methoxy groups -OCH3 is 1. The van der Waals surface area contributed by atoms with Crippen molar-refractivity contribution >= 4 is 11.5 Å². The molecule has 0 unspecified atom stereocenters. The number of allylic oxidation sites excluding steroid dienone is 1. The van der Waals surface area contributed by atoms with Crippen molar-refractivity contribution in [1.29, 1.82) is 0 Å². The molecule has 22 heavy (non-hydrogen) atoms. The standard InChI is InChI=1S/C15H18N4O3/c1-10(11-4-3-5-12(7-11)22-2)6-14(21)18-13(8-20)15-16-9-17-19-15/h3-7,9,13,20H,8H2,1-2H3,(H,18,21)(H,16,17,19)/b10-6+/t13-/m1/s1. The van der Waals surface area contributed by atoms with Gasteiger partial charge in [-0.15, -0.1) is 0 Å². The van der Waals surface area contributed by atoms with Crippen LogP contribution in [0.5, 0.6) is 5.75 Å². The van der Waals surface area contributed by atoms with Crippen LogP contribution in [-0.4, -0.2) is 39.9 Å². The van der Waals surface area contributed by atoms with E-state index in [1.54, 1.807) is 7.11 Å². The molecule has 3 N–H and O–H groups in total. The molecule has 0 aliphatic rings. The second-order valence-electron chi connectivity index (χ2n) is 4.67. The number of aromatic amines is 1. The number of H-pyrrole nitrogens is 1. The van der Waals surface area contributed by atoms with Gasteiger partial charge < -0.3 is 15.2 Å². The van der Waals surface area contributed by atoms with Gasteiger partial charge in [0.2, 0.25) is 5.91 Å². The molecule has 0 radical (unpaired) electrons. The first-order chi connectivity index (χ1) is 10.6. The second kappa shape index (κ2) is 7.37. The van der Waals surface area contributed by atoms with Gasteiger partial charge in [0.15, 0.2) is 0 Å². The average molecular weight is 302 g/mol. The molecule has 0 saturated carbocycles. The van der Waals surface area contributed by atoms with Gasteiger partial charge in [0.1, 0.15) is 23.9 Å². The Labute approximate surface area is 128 Å². The maximum atomic E-state index is 12.1. The van der Waals surface area contributed by atoms with E-state index in [2.05, 4.69) is 20.5 Å². The first-order valence-electron chi connectivity index (χ1n) is 6.73. The lowest BCUT2D eigenvalue weighted by Crippen LogP contribution is -2.30. The van der Waals surface area contributed by atoms with Gasteiger partial charge >= 0.3 is 0 Å². The number of ether oxygens (including phenoxy) is 1. The lowest BCUT2D eigenvalue weighted by atomic mass is 10.1. The van der Waals surface area contributed by atoms with Gasteiger partial charge in [-0.25, -0.2) is 4.98 Å². The number of nitrogens with zero attached hydrogens (tertiary/aromatic N) is 2. The van der Waals surface area contributed by atoms with E-state index >= 15 is 0 Å². The summed E-state index contributed by atoms with van der Waals surface area (Å²) < 4.78 is 5.16. The topological polar surface area (TPSA) is 100 Å². The summed E-state index contributed by atoms with van der Waals surface area (Å²) in [4.78, 5) is 16.0. The molecule has 7 heteroatoms. The van der Waals surface area contributed by atoms with Crippen molar-refractivity contribution in [3.05, 3.63) is 48.1 Å². The SMILES string of the molecule is COc1cccc(/C(C)=C/C(=O)N[C@H](CO)c2ncn[nH]2)c1. The van der Waals surface area contributed by atoms with Crippen molar-refractivity contribution in [1.82, 2.24) is 20.5 Å². The van der Waals surface area contributed by atoms with Gasteiger partial charge in [-0.3, -0.25) is 9.89 Å². The Morgan fingerprint density at radius 2 is 2.36 bits per heavy atom. The summed E-state index contributed by atoms with van der Waals surface area (Å²) in [6, 6.07) is 6.81. The molecular weight excluding hydrogens is 284 g/mol. The minimum Gasteiger partial charge on any atom is -0.497 e. The van der Waals surface area contributed by atoms with Crippen molar-refractivity contribution in [2.75, 3.05) is 13.7 Å². The van der Waals surface area contributed by atoms with Crippen LogP contribution in [0.3, 0.4) is 0 Å². The highest BCUT2D eigenvalue weighted by Gasteiger charge is 2.15. The van der Waals surface area contributed by atoms with Crippen LogP contribution in [0.15, 0.2) is 36.7 Å². The van der Waals surface area contributed by atoms with Gasteiger partial charge in [0.05, 0.1) is 13.7 Å². The van der Waals surface area contributed by atoms with E-state index in [9.17, 15) is 9.90 Å². The highest BCUT2D eigenvalue weighted by atomic mass is 16.5. The zero-order valence-corrected chi connectivity index (χ0v) is 12.4. The predicted octanol–water partition coefficient (Wildman–Crippen LogP) is 1.07. The van der Waals surface area contributed by atoms with E-state index < -0.39 is 6.04 Å². The van der Waals surface area contributed by atoms with Crippen LogP contribution < -0.4 is 10.1 Å². The van der Waals surface area contributed by atoms with Crippen LogP contribution in [0.2, 0.25) is 0 Å². The monoisotopic (exact) mass is 302 g/mol. The smallest absolute Gasteiger partial charge is 0.244 e. The first-order valence-corrected chi connectivity index (χ1v) is 6.73. The summed E-state index contributed by atoms with van der Waals surface area (Å²) in [7, 11) is 1.59. The molecule has 2 aromatic rings. The summed E-state index contributed by atoms with van der Waals surface area (Å²) in [6.07, 6.45) is 2.79. The van der Waals surface area contributed by atoms with E-state index in [1.807, 2.05) is 31.2 Å². The van der Waals surface area contributed by atoms with Crippen LogP contribution >= 0.6 is 0 Å². The van der Waals surface area contributed by atoms with Gasteiger partial charge in [-0.2, -0.15) is 5.10 Å². The van der Waals surface area contributed by atoms with Crippen LogP contribution in [0.1, 0.15) is 24.4 Å². The number of hydrogen-bond donors (Lipinski definition) is 3. The third-order valence-corrected chi connectivity index (χ3v) is 3.14. The number of rotatable bonds is 6. The molecule has 1 heterocycles. The number of amides is 1. The van der Waals surface area contributed by atoms with Crippen molar-refractivity contribution in [2.24, 2.45) is 0 Å². The number of nitrogens with one attached hydrogen (secondary N) is 2. The van der Waals surface area contributed by atoms with Crippen molar-refractivity contribution < 1.29 is 14.6 Å². The number of aromatic nitrogens is 3. The van der Waals surface area contributed by atoms with E-state index in [0.717, 1.165) is 16.9 Å². The fourth-order valence-electron chi connectivity index (χ4n) is 1.95. The minimum absolute atomic E-state index is 0.271. The second-order valence-corrected chi connectivity index (χ2v) is 4.67. The van der Waals surface area contributed by atoms with Crippen molar-refractivity contribution in [2.45, 2.75) is 13.0 Å².